The minimum absolute atomic E-state index is 0.0373. The van der Waals surface area contributed by atoms with Gasteiger partial charge in [-0.25, -0.2) is 0 Å². The number of nitrogens with zero attached hydrogens (tertiary/aromatic N) is 1. The van der Waals surface area contributed by atoms with Gasteiger partial charge in [-0.3, -0.25) is 4.79 Å². The average Bonchev–Trinajstić information content (AvgIpc) is 2.21. The van der Waals surface area contributed by atoms with Gasteiger partial charge in [0.1, 0.15) is 12.5 Å². The van der Waals surface area contributed by atoms with Crippen molar-refractivity contribution < 1.29 is 9.53 Å². The summed E-state index contributed by atoms with van der Waals surface area (Å²) in [6.07, 6.45) is 0. The lowest BCUT2D eigenvalue weighted by Gasteiger charge is -2.10. The zero-order valence-electron chi connectivity index (χ0n) is 8.24. The van der Waals surface area contributed by atoms with Crippen LogP contribution in [0.25, 0.3) is 0 Å². The molecule has 1 unspecified atom stereocenters. The fraction of sp³-hybridized carbons (Fsp3) is 0.273. The molecule has 15 heavy (non-hydrogen) atoms. The molecule has 0 spiro atoms. The van der Waals surface area contributed by atoms with Gasteiger partial charge in [-0.1, -0.05) is 29.8 Å². The first-order chi connectivity index (χ1) is 7.15. The Morgan fingerprint density at radius 1 is 1.60 bits per heavy atom. The summed E-state index contributed by atoms with van der Waals surface area (Å²) in [4.78, 5) is 10.6. The fourth-order valence-electron chi connectivity index (χ4n) is 1.15. The molecule has 0 radical (unpaired) electrons. The van der Waals surface area contributed by atoms with Crippen molar-refractivity contribution in [2.24, 2.45) is 0 Å². The molecule has 0 bridgehead atoms. The van der Waals surface area contributed by atoms with Crippen molar-refractivity contribution in [3.8, 4) is 6.07 Å². The maximum atomic E-state index is 10.6. The highest BCUT2D eigenvalue weighted by Gasteiger charge is 2.14. The number of carbonyl (C=O) groups is 1. The summed E-state index contributed by atoms with van der Waals surface area (Å²) in [6.45, 7) is 1.34. The first-order valence-electron chi connectivity index (χ1n) is 4.42. The minimum atomic E-state index is -0.511. The highest BCUT2D eigenvalue weighted by atomic mass is 35.5. The summed E-state index contributed by atoms with van der Waals surface area (Å²) in [6, 6.07) is 9.08. The molecule has 0 aliphatic heterocycles. The van der Waals surface area contributed by atoms with Gasteiger partial charge in [0.05, 0.1) is 6.07 Å². The van der Waals surface area contributed by atoms with Crippen molar-refractivity contribution in [2.45, 2.75) is 12.8 Å². The Bertz CT molecular complexity index is 398. The molecule has 1 aromatic carbocycles. The Kier molecular flexibility index (Phi) is 4.14. The first kappa shape index (κ1) is 11.5. The van der Waals surface area contributed by atoms with Crippen LogP contribution in [0.4, 0.5) is 0 Å². The molecule has 0 saturated carbocycles. The van der Waals surface area contributed by atoms with Crippen molar-refractivity contribution in [3.63, 3.8) is 0 Å². The van der Waals surface area contributed by atoms with Crippen molar-refractivity contribution in [3.05, 3.63) is 34.9 Å². The number of halogens is 1. The molecule has 1 atom stereocenters. The zero-order valence-corrected chi connectivity index (χ0v) is 8.99. The molecule has 0 aliphatic rings. The standard InChI is InChI=1S/C11H10ClNO2/c1-8(14)15-7-9(6-13)10-4-2-3-5-11(10)12/h2-5,9H,7H2,1H3. The summed E-state index contributed by atoms with van der Waals surface area (Å²) in [5, 5.41) is 9.43. The van der Waals surface area contributed by atoms with Gasteiger partial charge in [0.25, 0.3) is 0 Å². The number of carbonyl (C=O) groups excluding carboxylic acids is 1. The van der Waals surface area contributed by atoms with Crippen LogP contribution < -0.4 is 0 Å². The van der Waals surface area contributed by atoms with E-state index in [2.05, 4.69) is 6.07 Å². The quantitative estimate of drug-likeness (QED) is 0.740. The molecule has 0 aliphatic carbocycles. The Labute approximate surface area is 93.2 Å². The third-order valence-electron chi connectivity index (χ3n) is 1.89. The van der Waals surface area contributed by atoms with Crippen LogP contribution in [0.15, 0.2) is 24.3 Å². The van der Waals surface area contributed by atoms with Crippen LogP contribution in [-0.4, -0.2) is 12.6 Å². The van der Waals surface area contributed by atoms with E-state index < -0.39 is 11.9 Å². The van der Waals surface area contributed by atoms with Gasteiger partial charge in [-0.05, 0) is 11.6 Å². The molecule has 3 nitrogen and oxygen atoms in total. The molecular formula is C11H10ClNO2. The van der Waals surface area contributed by atoms with E-state index >= 15 is 0 Å². The van der Waals surface area contributed by atoms with Crippen LogP contribution in [-0.2, 0) is 9.53 Å². The third-order valence-corrected chi connectivity index (χ3v) is 2.23. The second-order valence-corrected chi connectivity index (χ2v) is 3.41. The van der Waals surface area contributed by atoms with Gasteiger partial charge in [-0.15, -0.1) is 0 Å². The summed E-state index contributed by atoms with van der Waals surface area (Å²) >= 11 is 5.92. The van der Waals surface area contributed by atoms with Gasteiger partial charge < -0.3 is 4.74 Å². The van der Waals surface area contributed by atoms with Crippen LogP contribution in [0, 0.1) is 11.3 Å². The van der Waals surface area contributed by atoms with Crippen LogP contribution in [0.1, 0.15) is 18.4 Å². The molecule has 1 aromatic rings. The highest BCUT2D eigenvalue weighted by molar-refractivity contribution is 6.31. The number of esters is 1. The van der Waals surface area contributed by atoms with Crippen molar-refractivity contribution >= 4 is 17.6 Å². The van der Waals surface area contributed by atoms with E-state index in [0.717, 1.165) is 0 Å². The highest BCUT2D eigenvalue weighted by Crippen LogP contribution is 2.24. The first-order valence-corrected chi connectivity index (χ1v) is 4.80. The Morgan fingerprint density at radius 2 is 2.27 bits per heavy atom. The predicted octanol–water partition coefficient (Wildman–Crippen LogP) is 2.51. The lowest BCUT2D eigenvalue weighted by atomic mass is 10.0. The van der Waals surface area contributed by atoms with E-state index in [0.29, 0.717) is 10.6 Å². The topological polar surface area (TPSA) is 50.1 Å². The molecular weight excluding hydrogens is 214 g/mol. The Hall–Kier alpha value is -1.53. The number of hydrogen-bond acceptors (Lipinski definition) is 3. The monoisotopic (exact) mass is 223 g/mol. The molecule has 4 heteroatoms. The van der Waals surface area contributed by atoms with Gasteiger partial charge in [-0.2, -0.15) is 5.26 Å². The van der Waals surface area contributed by atoms with Gasteiger partial charge in [0.2, 0.25) is 0 Å². The SMILES string of the molecule is CC(=O)OCC(C#N)c1ccccc1Cl. The smallest absolute Gasteiger partial charge is 0.302 e. The largest absolute Gasteiger partial charge is 0.464 e. The van der Waals surface area contributed by atoms with Crippen molar-refractivity contribution in [1.29, 1.82) is 5.26 Å². The number of rotatable bonds is 3. The summed E-state index contributed by atoms with van der Waals surface area (Å²) in [5.74, 6) is -0.912. The zero-order chi connectivity index (χ0) is 11.3. The van der Waals surface area contributed by atoms with Crippen LogP contribution in [0.3, 0.4) is 0 Å². The third kappa shape index (κ3) is 3.26. The average molecular weight is 224 g/mol. The van der Waals surface area contributed by atoms with E-state index in [4.69, 9.17) is 21.6 Å². The molecule has 0 aromatic heterocycles. The van der Waals surface area contributed by atoms with E-state index in [1.807, 2.05) is 0 Å². The van der Waals surface area contributed by atoms with Crippen LogP contribution in [0.2, 0.25) is 5.02 Å². The number of benzene rings is 1. The fourth-order valence-corrected chi connectivity index (χ4v) is 1.42. The molecule has 1 rings (SSSR count). The number of hydrogen-bond donors (Lipinski definition) is 0. The lowest BCUT2D eigenvalue weighted by molar-refractivity contribution is -0.141. The van der Waals surface area contributed by atoms with Crippen LogP contribution in [0.5, 0.6) is 0 Å². The molecule has 78 valence electrons. The maximum absolute atomic E-state index is 10.6. The molecule has 0 fully saturated rings. The van der Waals surface area contributed by atoms with Gasteiger partial charge in [0, 0.05) is 11.9 Å². The van der Waals surface area contributed by atoms with E-state index in [9.17, 15) is 4.79 Å². The molecule has 0 saturated heterocycles. The number of nitriles is 1. The van der Waals surface area contributed by atoms with E-state index in [1.165, 1.54) is 6.92 Å². The normalized spacial score (nSPS) is 11.5. The number of ether oxygens (including phenoxy) is 1. The summed E-state index contributed by atoms with van der Waals surface area (Å²) in [5.41, 5.74) is 0.683. The molecule has 0 N–H and O–H groups in total. The molecule has 0 heterocycles. The van der Waals surface area contributed by atoms with Gasteiger partial charge >= 0.3 is 5.97 Å². The minimum Gasteiger partial charge on any atom is -0.464 e. The second kappa shape index (κ2) is 5.38. The lowest BCUT2D eigenvalue weighted by Crippen LogP contribution is -2.09. The Morgan fingerprint density at radius 3 is 2.80 bits per heavy atom. The van der Waals surface area contributed by atoms with E-state index in [1.54, 1.807) is 24.3 Å². The maximum Gasteiger partial charge on any atom is 0.302 e. The Balaban J connectivity index is 2.80. The van der Waals surface area contributed by atoms with Gasteiger partial charge in [0.15, 0.2) is 0 Å². The second-order valence-electron chi connectivity index (χ2n) is 3.01. The van der Waals surface area contributed by atoms with Crippen LogP contribution >= 0.6 is 11.6 Å². The summed E-state index contributed by atoms with van der Waals surface area (Å²) < 4.78 is 4.78. The summed E-state index contributed by atoms with van der Waals surface area (Å²) in [7, 11) is 0. The molecule has 0 amide bonds. The van der Waals surface area contributed by atoms with E-state index in [-0.39, 0.29) is 6.61 Å². The van der Waals surface area contributed by atoms with Crippen molar-refractivity contribution in [1.82, 2.24) is 0 Å². The predicted molar refractivity (Wildman–Crippen MR) is 56.4 cm³/mol. The van der Waals surface area contributed by atoms with Crippen molar-refractivity contribution in [2.75, 3.05) is 6.61 Å².